The number of carboxylic acids is 1. The first kappa shape index (κ1) is 13.5. The van der Waals surface area contributed by atoms with Crippen molar-refractivity contribution >= 4 is 23.8 Å². The normalized spacial score (nSPS) is 27.3. The van der Waals surface area contributed by atoms with Gasteiger partial charge in [0, 0.05) is 31.1 Å². The van der Waals surface area contributed by atoms with Crippen molar-refractivity contribution in [3.63, 3.8) is 0 Å². The molecule has 0 aromatic heterocycles. The van der Waals surface area contributed by atoms with Gasteiger partial charge in [-0.1, -0.05) is 13.8 Å². The van der Waals surface area contributed by atoms with Crippen LogP contribution in [0.4, 0.5) is 4.79 Å². The molecule has 0 radical (unpaired) electrons. The number of likely N-dealkylation sites (tertiary alicyclic amines) is 1. The van der Waals surface area contributed by atoms with Crippen LogP contribution in [0.2, 0.25) is 0 Å². The Bertz CT molecular complexity index is 359. The summed E-state index contributed by atoms with van der Waals surface area (Å²) in [6, 6.07) is -0.770. The molecule has 2 fully saturated rings. The SMILES string of the molecule is CC1(C)CCN(C(=O)N2CCSCC2C(=O)O)C1. The molecule has 0 aromatic rings. The standard InChI is InChI=1S/C12H20N2O3S/c1-12(2)3-4-13(8-12)11(17)14-5-6-18-7-9(14)10(15)16/h9H,3-8H2,1-2H3,(H,15,16). The fraction of sp³-hybridized carbons (Fsp3) is 0.833. The number of urea groups is 1. The van der Waals surface area contributed by atoms with Crippen molar-refractivity contribution in [2.45, 2.75) is 26.3 Å². The quantitative estimate of drug-likeness (QED) is 0.782. The van der Waals surface area contributed by atoms with Crippen molar-refractivity contribution in [3.8, 4) is 0 Å². The summed E-state index contributed by atoms with van der Waals surface area (Å²) >= 11 is 1.60. The first-order valence-corrected chi connectivity index (χ1v) is 7.42. The summed E-state index contributed by atoms with van der Waals surface area (Å²) < 4.78 is 0. The predicted octanol–water partition coefficient (Wildman–Crippen LogP) is 1.34. The van der Waals surface area contributed by atoms with E-state index in [-0.39, 0.29) is 11.4 Å². The molecule has 1 N–H and O–H groups in total. The summed E-state index contributed by atoms with van der Waals surface area (Å²) in [5.41, 5.74) is 0.152. The third-order valence-electron chi connectivity index (χ3n) is 3.61. The lowest BCUT2D eigenvalue weighted by Crippen LogP contribution is -2.54. The van der Waals surface area contributed by atoms with Gasteiger partial charge in [-0.05, 0) is 11.8 Å². The monoisotopic (exact) mass is 272 g/mol. The second-order valence-corrected chi connectivity index (χ2v) is 6.89. The number of rotatable bonds is 1. The van der Waals surface area contributed by atoms with Crippen LogP contribution in [0.5, 0.6) is 0 Å². The van der Waals surface area contributed by atoms with E-state index in [1.165, 1.54) is 4.90 Å². The molecule has 0 aliphatic carbocycles. The highest BCUT2D eigenvalue weighted by molar-refractivity contribution is 7.99. The Labute approximate surface area is 112 Å². The number of thioether (sulfide) groups is 1. The second-order valence-electron chi connectivity index (χ2n) is 5.74. The van der Waals surface area contributed by atoms with Crippen molar-refractivity contribution in [2.75, 3.05) is 31.1 Å². The molecule has 2 aliphatic rings. The van der Waals surface area contributed by atoms with E-state index in [0.29, 0.717) is 12.3 Å². The molecule has 2 aliphatic heterocycles. The third-order valence-corrected chi connectivity index (χ3v) is 4.63. The van der Waals surface area contributed by atoms with E-state index < -0.39 is 12.0 Å². The molecule has 6 heteroatoms. The maximum Gasteiger partial charge on any atom is 0.327 e. The number of hydrogen-bond acceptors (Lipinski definition) is 3. The molecule has 0 aromatic carbocycles. The van der Waals surface area contributed by atoms with Gasteiger partial charge in [0.1, 0.15) is 6.04 Å². The van der Waals surface area contributed by atoms with Gasteiger partial charge in [0.2, 0.25) is 0 Å². The molecule has 18 heavy (non-hydrogen) atoms. The van der Waals surface area contributed by atoms with Gasteiger partial charge in [-0.2, -0.15) is 11.8 Å². The molecule has 2 heterocycles. The van der Waals surface area contributed by atoms with Gasteiger partial charge < -0.3 is 14.9 Å². The van der Waals surface area contributed by atoms with Crippen LogP contribution in [-0.2, 0) is 4.79 Å². The lowest BCUT2D eigenvalue weighted by Gasteiger charge is -2.35. The third kappa shape index (κ3) is 2.74. The number of carbonyl (C=O) groups is 2. The fourth-order valence-corrected chi connectivity index (χ4v) is 3.53. The van der Waals surface area contributed by atoms with Crippen LogP contribution >= 0.6 is 11.8 Å². The molecule has 0 saturated carbocycles. The summed E-state index contributed by atoms with van der Waals surface area (Å²) in [6.07, 6.45) is 0.985. The van der Waals surface area contributed by atoms with Gasteiger partial charge in [-0.25, -0.2) is 9.59 Å². The Kier molecular flexibility index (Phi) is 3.75. The topological polar surface area (TPSA) is 60.9 Å². The van der Waals surface area contributed by atoms with Crippen molar-refractivity contribution < 1.29 is 14.7 Å². The largest absolute Gasteiger partial charge is 0.480 e. The Morgan fingerprint density at radius 3 is 2.61 bits per heavy atom. The van der Waals surface area contributed by atoms with Crippen molar-refractivity contribution in [1.82, 2.24) is 9.80 Å². The molecule has 2 saturated heterocycles. The van der Waals surface area contributed by atoms with E-state index in [4.69, 9.17) is 0 Å². The van der Waals surface area contributed by atoms with Gasteiger partial charge in [0.15, 0.2) is 0 Å². The summed E-state index contributed by atoms with van der Waals surface area (Å²) in [7, 11) is 0. The van der Waals surface area contributed by atoms with E-state index >= 15 is 0 Å². The number of amides is 2. The van der Waals surface area contributed by atoms with E-state index in [2.05, 4.69) is 13.8 Å². The van der Waals surface area contributed by atoms with Crippen LogP contribution in [0.15, 0.2) is 0 Å². The number of hydrogen-bond donors (Lipinski definition) is 1. The fourth-order valence-electron chi connectivity index (χ4n) is 2.49. The first-order chi connectivity index (χ1) is 8.41. The van der Waals surface area contributed by atoms with Crippen LogP contribution < -0.4 is 0 Å². The van der Waals surface area contributed by atoms with Gasteiger partial charge in [0.25, 0.3) is 0 Å². The lowest BCUT2D eigenvalue weighted by molar-refractivity contribution is -0.141. The smallest absolute Gasteiger partial charge is 0.327 e. The average Bonchev–Trinajstić information content (AvgIpc) is 2.68. The van der Waals surface area contributed by atoms with Gasteiger partial charge in [-0.3, -0.25) is 0 Å². The Morgan fingerprint density at radius 2 is 2.06 bits per heavy atom. The molecule has 2 amide bonds. The molecule has 1 unspecified atom stereocenters. The predicted molar refractivity (Wildman–Crippen MR) is 70.8 cm³/mol. The first-order valence-electron chi connectivity index (χ1n) is 6.27. The van der Waals surface area contributed by atoms with Gasteiger partial charge in [-0.15, -0.1) is 0 Å². The molecule has 0 spiro atoms. The minimum absolute atomic E-state index is 0.103. The molecule has 0 bridgehead atoms. The van der Waals surface area contributed by atoms with E-state index in [1.54, 1.807) is 16.7 Å². The average molecular weight is 272 g/mol. The second kappa shape index (κ2) is 4.99. The maximum absolute atomic E-state index is 12.4. The van der Waals surface area contributed by atoms with Crippen molar-refractivity contribution in [3.05, 3.63) is 0 Å². The Morgan fingerprint density at radius 1 is 1.33 bits per heavy atom. The van der Waals surface area contributed by atoms with Crippen molar-refractivity contribution in [1.29, 1.82) is 0 Å². The Balaban J connectivity index is 2.05. The molecular formula is C12H20N2O3S. The van der Waals surface area contributed by atoms with E-state index in [1.807, 2.05) is 0 Å². The minimum Gasteiger partial charge on any atom is -0.480 e. The van der Waals surface area contributed by atoms with E-state index in [9.17, 15) is 14.7 Å². The van der Waals surface area contributed by atoms with Gasteiger partial charge >= 0.3 is 12.0 Å². The van der Waals surface area contributed by atoms with Gasteiger partial charge in [0.05, 0.1) is 0 Å². The molecule has 2 rings (SSSR count). The van der Waals surface area contributed by atoms with Crippen LogP contribution in [0, 0.1) is 5.41 Å². The summed E-state index contributed by atoms with van der Waals surface area (Å²) in [5, 5.41) is 9.18. The summed E-state index contributed by atoms with van der Waals surface area (Å²) in [4.78, 5) is 26.9. The zero-order chi connectivity index (χ0) is 13.3. The number of aliphatic carboxylic acids is 1. The number of nitrogens with zero attached hydrogens (tertiary/aromatic N) is 2. The van der Waals surface area contributed by atoms with Crippen molar-refractivity contribution in [2.24, 2.45) is 5.41 Å². The van der Waals surface area contributed by atoms with E-state index in [0.717, 1.165) is 25.3 Å². The van der Waals surface area contributed by atoms with Crippen LogP contribution in [0.3, 0.4) is 0 Å². The lowest BCUT2D eigenvalue weighted by atomic mass is 9.93. The zero-order valence-electron chi connectivity index (χ0n) is 10.9. The van der Waals surface area contributed by atoms with Crippen LogP contribution in [0.1, 0.15) is 20.3 Å². The van der Waals surface area contributed by atoms with Crippen LogP contribution in [0.25, 0.3) is 0 Å². The highest BCUT2D eigenvalue weighted by Crippen LogP contribution is 2.30. The summed E-state index contributed by atoms with van der Waals surface area (Å²) in [5.74, 6) is 0.430. The summed E-state index contributed by atoms with van der Waals surface area (Å²) in [6.45, 7) is 6.28. The Hall–Kier alpha value is -0.910. The molecular weight excluding hydrogens is 252 g/mol. The minimum atomic E-state index is -0.894. The maximum atomic E-state index is 12.4. The number of carboxylic acid groups (broad SMARTS) is 1. The highest BCUT2D eigenvalue weighted by atomic mass is 32.2. The number of carbonyl (C=O) groups excluding carboxylic acids is 1. The van der Waals surface area contributed by atoms with Crippen LogP contribution in [-0.4, -0.2) is 64.1 Å². The molecule has 5 nitrogen and oxygen atoms in total. The zero-order valence-corrected chi connectivity index (χ0v) is 11.7. The molecule has 102 valence electrons. The highest BCUT2D eigenvalue weighted by Gasteiger charge is 2.39. The molecule has 1 atom stereocenters.